The maximum Gasteiger partial charge on any atom is 0.134 e. The van der Waals surface area contributed by atoms with Gasteiger partial charge < -0.3 is 15.1 Å². The highest BCUT2D eigenvalue weighted by molar-refractivity contribution is 5.93. The van der Waals surface area contributed by atoms with E-state index in [0.29, 0.717) is 0 Å². The molecule has 4 rings (SSSR count). The molecule has 4 heterocycles. The van der Waals surface area contributed by atoms with Gasteiger partial charge in [0.05, 0.1) is 5.69 Å². The molecule has 0 bridgehead atoms. The minimum atomic E-state index is 0.913. The molecule has 1 saturated heterocycles. The highest BCUT2D eigenvalue weighted by Crippen LogP contribution is 2.26. The molecule has 1 aliphatic heterocycles. The standard InChI is InChI=1S/C21H26N6/c1-26-11-13-27(14-12-26)10-2-6-24-21-19-5-9-23-16-18(19)15-20(25-21)17-3-7-22-8-4-17/h3-5,7-9,15-16H,2,6,10-14H2,1H3,(H,24,25). The summed E-state index contributed by atoms with van der Waals surface area (Å²) in [5, 5.41) is 5.77. The van der Waals surface area contributed by atoms with Crippen molar-refractivity contribution in [3.8, 4) is 11.3 Å². The Kier molecular flexibility index (Phi) is 5.55. The van der Waals surface area contributed by atoms with Crippen molar-refractivity contribution in [2.24, 2.45) is 0 Å². The number of likely N-dealkylation sites (N-methyl/N-ethyl adjacent to an activating group) is 1. The number of hydrogen-bond donors (Lipinski definition) is 1. The Morgan fingerprint density at radius 3 is 2.59 bits per heavy atom. The molecule has 0 amide bonds. The molecule has 0 unspecified atom stereocenters. The van der Waals surface area contributed by atoms with Gasteiger partial charge in [0.25, 0.3) is 0 Å². The first-order chi connectivity index (χ1) is 13.3. The molecule has 6 nitrogen and oxygen atoms in total. The molecule has 0 aliphatic carbocycles. The highest BCUT2D eigenvalue weighted by Gasteiger charge is 2.13. The Morgan fingerprint density at radius 1 is 1.00 bits per heavy atom. The summed E-state index contributed by atoms with van der Waals surface area (Å²) in [6, 6.07) is 8.10. The van der Waals surface area contributed by atoms with Gasteiger partial charge in [0.15, 0.2) is 0 Å². The van der Waals surface area contributed by atoms with Gasteiger partial charge >= 0.3 is 0 Å². The third-order valence-corrected chi connectivity index (χ3v) is 5.15. The van der Waals surface area contributed by atoms with Gasteiger partial charge in [-0.3, -0.25) is 9.97 Å². The first-order valence-corrected chi connectivity index (χ1v) is 9.59. The lowest BCUT2D eigenvalue weighted by Gasteiger charge is -2.32. The van der Waals surface area contributed by atoms with Crippen molar-refractivity contribution < 1.29 is 0 Å². The van der Waals surface area contributed by atoms with Crippen LogP contribution in [0.3, 0.4) is 0 Å². The zero-order valence-corrected chi connectivity index (χ0v) is 15.8. The second-order valence-corrected chi connectivity index (χ2v) is 7.11. The number of rotatable bonds is 6. The van der Waals surface area contributed by atoms with Crippen LogP contribution in [0.15, 0.2) is 49.1 Å². The van der Waals surface area contributed by atoms with Crippen molar-refractivity contribution in [1.82, 2.24) is 24.8 Å². The molecule has 0 saturated carbocycles. The van der Waals surface area contributed by atoms with Crippen LogP contribution in [0.5, 0.6) is 0 Å². The largest absolute Gasteiger partial charge is 0.369 e. The summed E-state index contributed by atoms with van der Waals surface area (Å²) in [7, 11) is 2.19. The minimum Gasteiger partial charge on any atom is -0.369 e. The van der Waals surface area contributed by atoms with Crippen LogP contribution in [-0.4, -0.2) is 71.1 Å². The summed E-state index contributed by atoms with van der Waals surface area (Å²) < 4.78 is 0. The average Bonchev–Trinajstić information content (AvgIpc) is 2.73. The molecule has 3 aromatic rings. The van der Waals surface area contributed by atoms with E-state index in [1.165, 1.54) is 26.2 Å². The van der Waals surface area contributed by atoms with Crippen LogP contribution in [0.4, 0.5) is 5.82 Å². The predicted octanol–water partition coefficient (Wildman–Crippen LogP) is 2.74. The number of fused-ring (bicyclic) bond motifs is 1. The zero-order chi connectivity index (χ0) is 18.5. The maximum atomic E-state index is 4.88. The Hall–Kier alpha value is -2.57. The molecule has 0 spiro atoms. The van der Waals surface area contributed by atoms with Crippen LogP contribution in [0, 0.1) is 0 Å². The third kappa shape index (κ3) is 4.40. The van der Waals surface area contributed by atoms with Gasteiger partial charge in [0, 0.05) is 73.8 Å². The second kappa shape index (κ2) is 8.41. The van der Waals surface area contributed by atoms with Crippen molar-refractivity contribution in [3.63, 3.8) is 0 Å². The van der Waals surface area contributed by atoms with Crippen LogP contribution in [0.1, 0.15) is 6.42 Å². The van der Waals surface area contributed by atoms with Crippen LogP contribution in [0.2, 0.25) is 0 Å². The highest BCUT2D eigenvalue weighted by atomic mass is 15.2. The van der Waals surface area contributed by atoms with E-state index in [2.05, 4.69) is 38.2 Å². The van der Waals surface area contributed by atoms with E-state index >= 15 is 0 Å². The van der Waals surface area contributed by atoms with Crippen LogP contribution >= 0.6 is 0 Å². The van der Waals surface area contributed by atoms with E-state index in [9.17, 15) is 0 Å². The fourth-order valence-corrected chi connectivity index (χ4v) is 3.48. The Bertz CT molecular complexity index is 874. The number of hydrogen-bond acceptors (Lipinski definition) is 6. The number of anilines is 1. The molecule has 6 heteroatoms. The van der Waals surface area contributed by atoms with E-state index in [-0.39, 0.29) is 0 Å². The van der Waals surface area contributed by atoms with Crippen molar-refractivity contribution in [2.75, 3.05) is 51.6 Å². The number of pyridine rings is 3. The molecule has 0 radical (unpaired) electrons. The van der Waals surface area contributed by atoms with Gasteiger partial charge in [-0.15, -0.1) is 0 Å². The van der Waals surface area contributed by atoms with Gasteiger partial charge in [-0.1, -0.05) is 0 Å². The third-order valence-electron chi connectivity index (χ3n) is 5.15. The summed E-state index contributed by atoms with van der Waals surface area (Å²) in [6.45, 7) is 6.71. The molecule has 1 aliphatic rings. The first kappa shape index (κ1) is 17.8. The lowest BCUT2D eigenvalue weighted by molar-refractivity contribution is 0.154. The Balaban J connectivity index is 1.45. The molecule has 0 atom stereocenters. The van der Waals surface area contributed by atoms with Crippen LogP contribution in [0.25, 0.3) is 22.0 Å². The maximum absolute atomic E-state index is 4.88. The molecule has 1 N–H and O–H groups in total. The van der Waals surface area contributed by atoms with Crippen LogP contribution in [-0.2, 0) is 0 Å². The van der Waals surface area contributed by atoms with Gasteiger partial charge in [-0.05, 0) is 44.3 Å². The predicted molar refractivity (Wildman–Crippen MR) is 110 cm³/mol. The summed E-state index contributed by atoms with van der Waals surface area (Å²) in [4.78, 5) is 18.2. The van der Waals surface area contributed by atoms with Crippen molar-refractivity contribution in [1.29, 1.82) is 0 Å². The summed E-state index contributed by atoms with van der Waals surface area (Å²) in [5.41, 5.74) is 2.01. The van der Waals surface area contributed by atoms with Crippen molar-refractivity contribution >= 4 is 16.6 Å². The summed E-state index contributed by atoms with van der Waals surface area (Å²) in [6.07, 6.45) is 8.43. The average molecular weight is 362 g/mol. The lowest BCUT2D eigenvalue weighted by Crippen LogP contribution is -2.44. The Morgan fingerprint density at radius 2 is 1.78 bits per heavy atom. The zero-order valence-electron chi connectivity index (χ0n) is 15.8. The molecule has 3 aromatic heterocycles. The van der Waals surface area contributed by atoms with Crippen LogP contribution < -0.4 is 5.32 Å². The SMILES string of the molecule is CN1CCN(CCCNc2nc(-c3ccncc3)cc3cnccc23)CC1. The monoisotopic (exact) mass is 362 g/mol. The topological polar surface area (TPSA) is 57.2 Å². The second-order valence-electron chi connectivity index (χ2n) is 7.11. The van der Waals surface area contributed by atoms with Gasteiger partial charge in [-0.25, -0.2) is 4.98 Å². The Labute approximate surface area is 160 Å². The number of piperazine rings is 1. The van der Waals surface area contributed by atoms with Crippen molar-refractivity contribution in [2.45, 2.75) is 6.42 Å². The smallest absolute Gasteiger partial charge is 0.134 e. The fourth-order valence-electron chi connectivity index (χ4n) is 3.48. The normalized spacial score (nSPS) is 15.9. The van der Waals surface area contributed by atoms with Gasteiger partial charge in [0.2, 0.25) is 0 Å². The molecule has 27 heavy (non-hydrogen) atoms. The van der Waals surface area contributed by atoms with E-state index in [1.807, 2.05) is 30.6 Å². The quantitative estimate of drug-likeness (QED) is 0.681. The molecular formula is C21H26N6. The molecule has 0 aromatic carbocycles. The summed E-state index contributed by atoms with van der Waals surface area (Å²) >= 11 is 0. The van der Waals surface area contributed by atoms with E-state index in [1.54, 1.807) is 12.4 Å². The molecule has 140 valence electrons. The number of nitrogens with zero attached hydrogens (tertiary/aromatic N) is 5. The van der Waals surface area contributed by atoms with E-state index < -0.39 is 0 Å². The number of nitrogens with one attached hydrogen (secondary N) is 1. The summed E-state index contributed by atoms with van der Waals surface area (Å²) in [5.74, 6) is 0.931. The fraction of sp³-hybridized carbons (Fsp3) is 0.381. The van der Waals surface area contributed by atoms with Gasteiger partial charge in [0.1, 0.15) is 5.82 Å². The first-order valence-electron chi connectivity index (χ1n) is 9.59. The molecular weight excluding hydrogens is 336 g/mol. The lowest BCUT2D eigenvalue weighted by atomic mass is 10.1. The van der Waals surface area contributed by atoms with Gasteiger partial charge in [-0.2, -0.15) is 0 Å². The molecule has 1 fully saturated rings. The van der Waals surface area contributed by atoms with E-state index in [0.717, 1.165) is 47.4 Å². The van der Waals surface area contributed by atoms with E-state index in [4.69, 9.17) is 4.98 Å². The van der Waals surface area contributed by atoms with Crippen molar-refractivity contribution in [3.05, 3.63) is 49.1 Å². The minimum absolute atomic E-state index is 0.913. The number of aromatic nitrogens is 3.